The molecule has 3 atom stereocenters. The van der Waals surface area contributed by atoms with Gasteiger partial charge in [0.15, 0.2) is 5.96 Å². The number of ether oxygens (including phenoxy) is 1. The number of unbranched alkanes of at least 4 members (excludes halogenated alkanes) is 15. The van der Waals surface area contributed by atoms with Gasteiger partial charge in [-0.2, -0.15) is 0 Å². The number of rotatable bonds is 40. The van der Waals surface area contributed by atoms with Crippen molar-refractivity contribution < 1.29 is 58.7 Å². The zero-order valence-electron chi connectivity index (χ0n) is 34.9. The van der Waals surface area contributed by atoms with Gasteiger partial charge in [-0.25, -0.2) is 0 Å². The number of amides is 4. The second-order valence-corrected chi connectivity index (χ2v) is 14.8. The fourth-order valence-electron chi connectivity index (χ4n) is 6.26. The van der Waals surface area contributed by atoms with Gasteiger partial charge in [0.05, 0.1) is 19.8 Å². The van der Waals surface area contributed by atoms with Gasteiger partial charge in [0.1, 0.15) is 18.1 Å². The highest BCUT2D eigenvalue weighted by Crippen LogP contribution is 2.15. The summed E-state index contributed by atoms with van der Waals surface area (Å²) in [5, 5.41) is 56.2. The Labute approximate surface area is 348 Å². The van der Waals surface area contributed by atoms with E-state index in [1.165, 1.54) is 44.9 Å². The largest absolute Gasteiger partial charge is 0.481 e. The lowest BCUT2D eigenvalue weighted by Gasteiger charge is -2.25. The molecule has 0 spiro atoms. The second kappa shape index (κ2) is 36.6. The van der Waals surface area contributed by atoms with Gasteiger partial charge >= 0.3 is 17.9 Å². The first-order valence-corrected chi connectivity index (χ1v) is 21.4. The Bertz CT molecular complexity index is 1240. The summed E-state index contributed by atoms with van der Waals surface area (Å²) in [6.07, 6.45) is 16.1. The van der Waals surface area contributed by atoms with Crippen LogP contribution in [0.25, 0.3) is 0 Å². The van der Waals surface area contributed by atoms with E-state index < -0.39 is 72.5 Å². The summed E-state index contributed by atoms with van der Waals surface area (Å²) in [4.78, 5) is 86.0. The normalized spacial score (nSPS) is 12.4. The van der Waals surface area contributed by atoms with Crippen LogP contribution < -0.4 is 32.3 Å². The monoisotopic (exact) mass is 844 g/mol. The number of hydrogen-bond donors (Lipinski definition) is 11. The van der Waals surface area contributed by atoms with Crippen LogP contribution in [0.15, 0.2) is 0 Å². The topological polar surface area (TPSA) is 320 Å². The van der Waals surface area contributed by atoms with Gasteiger partial charge in [0.25, 0.3) is 0 Å². The lowest BCUT2D eigenvalue weighted by molar-refractivity contribution is -0.140. The number of carboxylic acid groups (broad SMARTS) is 3. The third kappa shape index (κ3) is 34.1. The summed E-state index contributed by atoms with van der Waals surface area (Å²) in [6.45, 7) is 0.224. The Morgan fingerprint density at radius 3 is 1.31 bits per heavy atom. The summed E-state index contributed by atoms with van der Waals surface area (Å²) in [7, 11) is 0. The first-order chi connectivity index (χ1) is 28.3. The quantitative estimate of drug-likeness (QED) is 0.0240. The van der Waals surface area contributed by atoms with Gasteiger partial charge < -0.3 is 57.5 Å². The molecule has 59 heavy (non-hydrogen) atoms. The van der Waals surface area contributed by atoms with E-state index in [0.717, 1.165) is 51.4 Å². The molecule has 0 saturated carbocycles. The molecule has 0 heterocycles. The molecule has 0 radical (unpaired) electrons. The van der Waals surface area contributed by atoms with E-state index in [0.29, 0.717) is 6.42 Å². The maximum Gasteiger partial charge on any atom is 0.303 e. The molecule has 0 aromatic rings. The van der Waals surface area contributed by atoms with Crippen molar-refractivity contribution in [2.24, 2.45) is 5.73 Å². The minimum absolute atomic E-state index is 0.0605. The number of aliphatic hydroxyl groups excluding tert-OH is 1. The number of carbonyl (C=O) groups excluding carboxylic acids is 4. The molecule has 12 N–H and O–H groups in total. The van der Waals surface area contributed by atoms with E-state index in [1.54, 1.807) is 0 Å². The highest BCUT2D eigenvalue weighted by atomic mass is 16.5. The molecule has 0 aliphatic heterocycles. The van der Waals surface area contributed by atoms with Gasteiger partial charge in [-0.1, -0.05) is 89.9 Å². The average Bonchev–Trinajstić information content (AvgIpc) is 3.17. The van der Waals surface area contributed by atoms with E-state index in [1.807, 2.05) is 0 Å². The SMILES string of the molecule is N=C(N)NCCC[C@H](NC(=O)[C@H](CCC(=O)O)NC(=O)[C@H](CCC(=O)O)NC(=O)CCCCCCCCCCCCCCCCCCC(=O)O)C(=O)NCCOCCO. The summed E-state index contributed by atoms with van der Waals surface area (Å²) >= 11 is 0. The maximum atomic E-state index is 13.5. The molecular weight excluding hydrogens is 770 g/mol. The molecule has 0 saturated heterocycles. The molecular formula is C40H73N7O12. The second-order valence-electron chi connectivity index (χ2n) is 14.8. The average molecular weight is 844 g/mol. The molecule has 4 amide bonds. The third-order valence-electron chi connectivity index (χ3n) is 9.52. The first kappa shape index (κ1) is 54.5. The molecule has 0 unspecified atom stereocenters. The van der Waals surface area contributed by atoms with Crippen molar-refractivity contribution in [2.75, 3.05) is 32.9 Å². The zero-order chi connectivity index (χ0) is 44.1. The maximum absolute atomic E-state index is 13.5. The van der Waals surface area contributed by atoms with Crippen molar-refractivity contribution in [3.63, 3.8) is 0 Å². The summed E-state index contributed by atoms with van der Waals surface area (Å²) < 4.78 is 5.14. The number of nitrogens with one attached hydrogen (secondary N) is 6. The number of aliphatic carboxylic acids is 3. The number of carbonyl (C=O) groups is 7. The molecule has 0 aliphatic rings. The van der Waals surface area contributed by atoms with E-state index in [4.69, 9.17) is 26.1 Å². The minimum atomic E-state index is -1.44. The van der Waals surface area contributed by atoms with Crippen molar-refractivity contribution in [2.45, 2.75) is 172 Å². The van der Waals surface area contributed by atoms with E-state index >= 15 is 0 Å². The molecule has 19 nitrogen and oxygen atoms in total. The lowest BCUT2D eigenvalue weighted by Crippen LogP contribution is -2.57. The molecule has 0 aromatic heterocycles. The molecule has 0 aliphatic carbocycles. The third-order valence-corrected chi connectivity index (χ3v) is 9.52. The van der Waals surface area contributed by atoms with Crippen molar-refractivity contribution in [1.29, 1.82) is 5.41 Å². The lowest BCUT2D eigenvalue weighted by atomic mass is 10.0. The van der Waals surface area contributed by atoms with Crippen molar-refractivity contribution in [3.05, 3.63) is 0 Å². The molecule has 0 bridgehead atoms. The predicted molar refractivity (Wildman–Crippen MR) is 220 cm³/mol. The molecule has 0 aromatic carbocycles. The van der Waals surface area contributed by atoms with Crippen LogP contribution in [-0.4, -0.2) is 119 Å². The van der Waals surface area contributed by atoms with Gasteiger partial charge in [0.2, 0.25) is 23.6 Å². The molecule has 0 fully saturated rings. The van der Waals surface area contributed by atoms with Crippen LogP contribution in [0.1, 0.15) is 154 Å². The number of hydrogen-bond acceptors (Lipinski definition) is 10. The number of aliphatic hydroxyl groups is 1. The van der Waals surface area contributed by atoms with Crippen LogP contribution in [-0.2, 0) is 38.3 Å². The van der Waals surface area contributed by atoms with E-state index in [-0.39, 0.29) is 77.4 Å². The highest BCUT2D eigenvalue weighted by Gasteiger charge is 2.30. The summed E-state index contributed by atoms with van der Waals surface area (Å²) in [6, 6.07) is -3.90. The van der Waals surface area contributed by atoms with Gasteiger partial charge in [-0.3, -0.25) is 39.0 Å². The standard InChI is InChI=1S/C40H73N7O12/c41-40(42)44-25-17-18-30(37(56)43-26-28-59-29-27-48)46-39(58)32(22-24-36(54)55)47-38(57)31(21-23-35(52)53)45-33(49)19-15-13-11-9-7-5-3-1-2-4-6-8-10-12-14-16-20-34(50)51/h30-32,48H,1-29H2,(H,43,56)(H,45,49)(H,46,58)(H,47,57)(H,50,51)(H,52,53)(H,54,55)(H4,41,42,44)/t30-,31-,32-/m0/s1. The Morgan fingerprint density at radius 1 is 0.475 bits per heavy atom. The first-order valence-electron chi connectivity index (χ1n) is 21.4. The fraction of sp³-hybridized carbons (Fsp3) is 0.800. The van der Waals surface area contributed by atoms with E-state index in [9.17, 15) is 43.8 Å². The Kier molecular flexibility index (Phi) is 33.8. The van der Waals surface area contributed by atoms with Crippen molar-refractivity contribution >= 4 is 47.5 Å². The Morgan fingerprint density at radius 2 is 0.881 bits per heavy atom. The van der Waals surface area contributed by atoms with Crippen LogP contribution in [0.2, 0.25) is 0 Å². The van der Waals surface area contributed by atoms with Crippen LogP contribution in [0, 0.1) is 5.41 Å². The predicted octanol–water partition coefficient (Wildman–Crippen LogP) is 2.67. The zero-order valence-corrected chi connectivity index (χ0v) is 34.9. The van der Waals surface area contributed by atoms with Crippen LogP contribution >= 0.6 is 0 Å². The Balaban J connectivity index is 4.94. The molecule has 0 rings (SSSR count). The van der Waals surface area contributed by atoms with Gasteiger partial charge in [-0.15, -0.1) is 0 Å². The molecule has 340 valence electrons. The van der Waals surface area contributed by atoms with Crippen LogP contribution in [0.3, 0.4) is 0 Å². The Hall–Kier alpha value is -4.52. The number of guanidine groups is 1. The molecule has 19 heteroatoms. The summed E-state index contributed by atoms with van der Waals surface area (Å²) in [5.41, 5.74) is 5.31. The van der Waals surface area contributed by atoms with Gasteiger partial charge in [-0.05, 0) is 38.5 Å². The smallest absolute Gasteiger partial charge is 0.303 e. The van der Waals surface area contributed by atoms with Crippen molar-refractivity contribution in [1.82, 2.24) is 26.6 Å². The highest BCUT2D eigenvalue weighted by molar-refractivity contribution is 5.94. The fourth-order valence-corrected chi connectivity index (χ4v) is 6.26. The van der Waals surface area contributed by atoms with Crippen LogP contribution in [0.5, 0.6) is 0 Å². The minimum Gasteiger partial charge on any atom is -0.481 e. The van der Waals surface area contributed by atoms with E-state index in [2.05, 4.69) is 26.6 Å². The number of carboxylic acids is 3. The summed E-state index contributed by atoms with van der Waals surface area (Å²) in [5.74, 6) is -6.25. The van der Waals surface area contributed by atoms with Crippen LogP contribution in [0.4, 0.5) is 0 Å². The number of nitrogens with two attached hydrogens (primary N) is 1. The van der Waals surface area contributed by atoms with Crippen molar-refractivity contribution in [3.8, 4) is 0 Å². The van der Waals surface area contributed by atoms with Gasteiger partial charge in [0, 0.05) is 38.8 Å².